The minimum Gasteiger partial charge on any atom is -0.497 e. The molecule has 4 rings (SSSR count). The molecule has 0 unspecified atom stereocenters. The Kier molecular flexibility index (Phi) is 4.86. The first-order valence-electron chi connectivity index (χ1n) is 9.11. The van der Waals surface area contributed by atoms with Crippen LogP contribution in [0.25, 0.3) is 22.6 Å². The maximum absolute atomic E-state index is 11.7. The Morgan fingerprint density at radius 1 is 1.26 bits per heavy atom. The van der Waals surface area contributed by atoms with Crippen molar-refractivity contribution in [1.29, 1.82) is 0 Å². The van der Waals surface area contributed by atoms with E-state index in [9.17, 15) is 4.79 Å². The second-order valence-corrected chi connectivity index (χ2v) is 6.50. The van der Waals surface area contributed by atoms with E-state index in [1.807, 2.05) is 29.2 Å². The minimum atomic E-state index is 0.261. The fourth-order valence-electron chi connectivity index (χ4n) is 3.27. The van der Waals surface area contributed by atoms with Gasteiger partial charge in [0.15, 0.2) is 11.5 Å². The van der Waals surface area contributed by atoms with Gasteiger partial charge in [-0.3, -0.25) is 4.79 Å². The van der Waals surface area contributed by atoms with Crippen LogP contribution in [-0.4, -0.2) is 57.5 Å². The monoisotopic (exact) mass is 366 g/mol. The number of rotatable bonds is 7. The largest absolute Gasteiger partial charge is 0.497 e. The molecule has 0 atom stereocenters. The second-order valence-electron chi connectivity index (χ2n) is 6.50. The molecule has 0 radical (unpaired) electrons. The van der Waals surface area contributed by atoms with Crippen LogP contribution in [0, 0.1) is 0 Å². The molecule has 2 N–H and O–H groups in total. The third-order valence-electron chi connectivity index (χ3n) is 4.72. The number of aromatic nitrogens is 4. The van der Waals surface area contributed by atoms with Crippen LogP contribution in [0.4, 0.5) is 5.82 Å². The lowest BCUT2D eigenvalue weighted by Crippen LogP contribution is -2.27. The zero-order valence-corrected chi connectivity index (χ0v) is 15.2. The maximum Gasteiger partial charge on any atom is 0.222 e. The average Bonchev–Trinajstić information content (AvgIpc) is 3.32. The number of benzene rings is 1. The van der Waals surface area contributed by atoms with Crippen LogP contribution >= 0.6 is 0 Å². The molecule has 3 heterocycles. The van der Waals surface area contributed by atoms with Crippen LogP contribution in [0.1, 0.15) is 19.3 Å². The number of aromatic amines is 1. The quantitative estimate of drug-likeness (QED) is 0.624. The second kappa shape index (κ2) is 7.61. The smallest absolute Gasteiger partial charge is 0.222 e. The van der Waals surface area contributed by atoms with Crippen molar-refractivity contribution in [2.24, 2.45) is 0 Å². The molecule has 27 heavy (non-hydrogen) atoms. The predicted molar refractivity (Wildman–Crippen MR) is 103 cm³/mol. The van der Waals surface area contributed by atoms with Gasteiger partial charge in [-0.05, 0) is 37.1 Å². The number of nitrogens with zero attached hydrogens (tertiary/aromatic N) is 4. The van der Waals surface area contributed by atoms with E-state index in [-0.39, 0.29) is 5.91 Å². The lowest BCUT2D eigenvalue weighted by Gasteiger charge is -2.15. The summed E-state index contributed by atoms with van der Waals surface area (Å²) in [7, 11) is 1.64. The summed E-state index contributed by atoms with van der Waals surface area (Å²) in [5.41, 5.74) is 2.35. The third-order valence-corrected chi connectivity index (χ3v) is 4.72. The van der Waals surface area contributed by atoms with Gasteiger partial charge in [-0.2, -0.15) is 0 Å². The fourth-order valence-corrected chi connectivity index (χ4v) is 3.27. The molecule has 1 aliphatic rings. The van der Waals surface area contributed by atoms with E-state index in [4.69, 9.17) is 4.74 Å². The van der Waals surface area contributed by atoms with Gasteiger partial charge >= 0.3 is 0 Å². The van der Waals surface area contributed by atoms with Crippen molar-refractivity contribution < 1.29 is 9.53 Å². The van der Waals surface area contributed by atoms with Crippen LogP contribution < -0.4 is 10.1 Å². The normalized spacial score (nSPS) is 14.1. The molecule has 1 aromatic carbocycles. The molecule has 8 heteroatoms. The summed E-state index contributed by atoms with van der Waals surface area (Å²) in [6.07, 6.45) is 4.04. The van der Waals surface area contributed by atoms with Crippen LogP contribution in [0.3, 0.4) is 0 Å². The summed E-state index contributed by atoms with van der Waals surface area (Å²) in [6, 6.07) is 7.69. The van der Waals surface area contributed by atoms with Gasteiger partial charge in [0.05, 0.1) is 7.11 Å². The van der Waals surface area contributed by atoms with Crippen molar-refractivity contribution in [1.82, 2.24) is 24.8 Å². The first kappa shape index (κ1) is 17.3. The summed E-state index contributed by atoms with van der Waals surface area (Å²) < 4.78 is 5.19. The molecule has 0 aliphatic carbocycles. The number of ether oxygens (including phenoxy) is 1. The molecule has 2 aromatic heterocycles. The molecule has 0 spiro atoms. The number of H-pyrrole nitrogens is 1. The van der Waals surface area contributed by atoms with Crippen molar-refractivity contribution in [2.45, 2.75) is 19.3 Å². The summed E-state index contributed by atoms with van der Waals surface area (Å²) in [6.45, 7) is 2.38. The van der Waals surface area contributed by atoms with Crippen molar-refractivity contribution in [3.05, 3.63) is 30.6 Å². The van der Waals surface area contributed by atoms with E-state index in [0.29, 0.717) is 12.1 Å². The maximum atomic E-state index is 11.7. The molecule has 8 nitrogen and oxygen atoms in total. The first-order chi connectivity index (χ1) is 13.2. The highest BCUT2D eigenvalue weighted by Crippen LogP contribution is 2.24. The predicted octanol–water partition coefficient (Wildman–Crippen LogP) is 2.45. The zero-order valence-electron chi connectivity index (χ0n) is 15.2. The Morgan fingerprint density at radius 3 is 2.85 bits per heavy atom. The summed E-state index contributed by atoms with van der Waals surface area (Å²) in [5.74, 6) is 2.52. The van der Waals surface area contributed by atoms with Gasteiger partial charge in [0.2, 0.25) is 5.91 Å². The molecule has 0 saturated carbocycles. The average molecular weight is 366 g/mol. The number of imidazole rings is 1. The summed E-state index contributed by atoms with van der Waals surface area (Å²) in [4.78, 5) is 30.0. The van der Waals surface area contributed by atoms with Gasteiger partial charge in [-0.15, -0.1) is 0 Å². The summed E-state index contributed by atoms with van der Waals surface area (Å²) in [5, 5.41) is 3.33. The third kappa shape index (κ3) is 3.69. The number of likely N-dealkylation sites (tertiary alicyclic amines) is 1. The number of anilines is 1. The first-order valence-corrected chi connectivity index (χ1v) is 9.11. The molecule has 140 valence electrons. The minimum absolute atomic E-state index is 0.261. The highest BCUT2D eigenvalue weighted by Gasteiger charge is 2.19. The molecule has 1 fully saturated rings. The molecular weight excluding hydrogens is 344 g/mol. The molecule has 1 amide bonds. The number of nitrogens with one attached hydrogen (secondary N) is 2. The van der Waals surface area contributed by atoms with E-state index >= 15 is 0 Å². The molecule has 1 saturated heterocycles. The molecular formula is C19H22N6O2. The highest BCUT2D eigenvalue weighted by atomic mass is 16.5. The van der Waals surface area contributed by atoms with E-state index < -0.39 is 0 Å². The number of methoxy groups -OCH3 is 1. The number of hydrogen-bond donors (Lipinski definition) is 2. The molecule has 0 bridgehead atoms. The van der Waals surface area contributed by atoms with Crippen LogP contribution in [-0.2, 0) is 4.79 Å². The van der Waals surface area contributed by atoms with E-state index in [1.54, 1.807) is 7.11 Å². The van der Waals surface area contributed by atoms with Crippen LogP contribution in [0.5, 0.6) is 5.75 Å². The Balaban J connectivity index is 1.45. The fraction of sp³-hybridized carbons (Fsp3) is 0.368. The van der Waals surface area contributed by atoms with Crippen molar-refractivity contribution in [3.63, 3.8) is 0 Å². The van der Waals surface area contributed by atoms with Crippen molar-refractivity contribution in [3.8, 4) is 17.1 Å². The van der Waals surface area contributed by atoms with Crippen molar-refractivity contribution >= 4 is 22.9 Å². The molecule has 1 aliphatic heterocycles. The highest BCUT2D eigenvalue weighted by molar-refractivity contribution is 5.85. The number of carbonyl (C=O) groups excluding carboxylic acids is 1. The lowest BCUT2D eigenvalue weighted by atomic mass is 10.2. The Hall–Kier alpha value is -3.16. The van der Waals surface area contributed by atoms with Gasteiger partial charge in [-0.25, -0.2) is 15.0 Å². The van der Waals surface area contributed by atoms with E-state index in [0.717, 1.165) is 60.9 Å². The van der Waals surface area contributed by atoms with Crippen molar-refractivity contribution in [2.75, 3.05) is 32.1 Å². The van der Waals surface area contributed by atoms with Gasteiger partial charge in [0, 0.05) is 31.6 Å². The van der Waals surface area contributed by atoms with E-state index in [1.165, 1.54) is 6.33 Å². The number of fused-ring (bicyclic) bond motifs is 1. The topological polar surface area (TPSA) is 96.0 Å². The summed E-state index contributed by atoms with van der Waals surface area (Å²) >= 11 is 0. The zero-order chi connectivity index (χ0) is 18.6. The number of carbonyl (C=O) groups is 1. The van der Waals surface area contributed by atoms with Gasteiger partial charge < -0.3 is 19.9 Å². The standard InChI is InChI=1S/C19H22N6O2/c1-27-14-7-5-13(6-8-14)17-23-16-18(21-12-22-19(16)24-17)20-9-3-11-25-10-2-4-15(25)26/h5-8,12H,2-4,9-11H2,1H3,(H2,20,21,22,23,24). The van der Waals surface area contributed by atoms with Crippen LogP contribution in [0.15, 0.2) is 30.6 Å². The molecule has 3 aromatic rings. The Labute approximate surface area is 157 Å². The van der Waals surface area contributed by atoms with Gasteiger partial charge in [-0.1, -0.05) is 0 Å². The van der Waals surface area contributed by atoms with Crippen LogP contribution in [0.2, 0.25) is 0 Å². The SMILES string of the molecule is COc1ccc(-c2nc3ncnc(NCCCN4CCCC4=O)c3[nH]2)cc1. The van der Waals surface area contributed by atoms with Gasteiger partial charge in [0.25, 0.3) is 0 Å². The van der Waals surface area contributed by atoms with E-state index in [2.05, 4.69) is 25.3 Å². The Bertz CT molecular complexity index is 937. The number of amides is 1. The lowest BCUT2D eigenvalue weighted by molar-refractivity contribution is -0.127. The number of hydrogen-bond acceptors (Lipinski definition) is 6. The Morgan fingerprint density at radius 2 is 2.11 bits per heavy atom. The van der Waals surface area contributed by atoms with Gasteiger partial charge in [0.1, 0.15) is 23.4 Å².